The van der Waals surface area contributed by atoms with E-state index in [1.165, 1.54) is 0 Å². The lowest BCUT2D eigenvalue weighted by molar-refractivity contribution is 0.0695. The van der Waals surface area contributed by atoms with Gasteiger partial charge in [-0.15, -0.1) is 11.3 Å². The molecule has 4 heteroatoms. The van der Waals surface area contributed by atoms with Crippen LogP contribution in [0.3, 0.4) is 0 Å². The lowest BCUT2D eigenvalue weighted by Crippen LogP contribution is -2.14. The van der Waals surface area contributed by atoms with E-state index in [-0.39, 0.29) is 6.04 Å². The Bertz CT molecular complexity index is 387. The molecule has 19 heavy (non-hydrogen) atoms. The molecule has 3 nitrogen and oxygen atoms in total. The van der Waals surface area contributed by atoms with Crippen molar-refractivity contribution in [1.82, 2.24) is 0 Å². The molecular formula is C15H25NO2S. The second-order valence-electron chi connectivity index (χ2n) is 5.25. The molecule has 0 saturated carbocycles. The van der Waals surface area contributed by atoms with Gasteiger partial charge in [0.15, 0.2) is 0 Å². The number of nitrogens with two attached hydrogens (primary N) is 1. The average Bonchev–Trinajstić information content (AvgIpc) is 2.82. The fourth-order valence-corrected chi connectivity index (χ4v) is 3.42. The molecule has 2 atom stereocenters. The number of hydrogen-bond acceptors (Lipinski definition) is 3. The van der Waals surface area contributed by atoms with Crippen molar-refractivity contribution in [2.75, 3.05) is 0 Å². The third-order valence-corrected chi connectivity index (χ3v) is 4.49. The van der Waals surface area contributed by atoms with Crippen LogP contribution in [0, 0.1) is 0 Å². The van der Waals surface area contributed by atoms with Crippen LogP contribution in [0.25, 0.3) is 0 Å². The first-order valence-corrected chi connectivity index (χ1v) is 8.00. The summed E-state index contributed by atoms with van der Waals surface area (Å²) in [6.45, 7) is 4.19. The van der Waals surface area contributed by atoms with E-state index in [9.17, 15) is 9.90 Å². The number of carboxylic acids is 1. The molecule has 0 aliphatic rings. The van der Waals surface area contributed by atoms with Gasteiger partial charge in [-0.2, -0.15) is 0 Å². The SMILES string of the molecule is CCCCC(CCCC(C)N)c1sccc1C(=O)O. The zero-order valence-electron chi connectivity index (χ0n) is 11.9. The fourth-order valence-electron chi connectivity index (χ4n) is 2.36. The summed E-state index contributed by atoms with van der Waals surface area (Å²) in [6, 6.07) is 1.96. The summed E-state index contributed by atoms with van der Waals surface area (Å²) < 4.78 is 0. The monoisotopic (exact) mass is 283 g/mol. The molecule has 0 spiro atoms. The molecule has 0 saturated heterocycles. The minimum atomic E-state index is -0.801. The minimum absolute atomic E-state index is 0.231. The molecule has 0 fully saturated rings. The molecule has 1 rings (SSSR count). The summed E-state index contributed by atoms with van der Waals surface area (Å²) in [5.41, 5.74) is 6.28. The average molecular weight is 283 g/mol. The topological polar surface area (TPSA) is 63.3 Å². The summed E-state index contributed by atoms with van der Waals surface area (Å²) in [5.74, 6) is -0.422. The Balaban J connectivity index is 2.71. The number of aromatic carboxylic acids is 1. The van der Waals surface area contributed by atoms with E-state index >= 15 is 0 Å². The summed E-state index contributed by atoms with van der Waals surface area (Å²) in [4.78, 5) is 12.3. The van der Waals surface area contributed by atoms with E-state index in [0.29, 0.717) is 11.5 Å². The predicted molar refractivity (Wildman–Crippen MR) is 81.0 cm³/mol. The van der Waals surface area contributed by atoms with Crippen LogP contribution in [0.15, 0.2) is 11.4 Å². The summed E-state index contributed by atoms with van der Waals surface area (Å²) in [6.07, 6.45) is 6.51. The standard InChI is InChI=1S/C15H25NO2S/c1-3-4-7-12(8-5-6-11(2)16)14-13(15(17)18)9-10-19-14/h9-12H,3-8,16H2,1-2H3,(H,17,18). The Morgan fingerprint density at radius 3 is 2.63 bits per heavy atom. The third kappa shape index (κ3) is 5.33. The highest BCUT2D eigenvalue weighted by atomic mass is 32.1. The van der Waals surface area contributed by atoms with Gasteiger partial charge in [0.2, 0.25) is 0 Å². The second kappa shape index (κ2) is 8.33. The molecule has 0 aliphatic carbocycles. The van der Waals surface area contributed by atoms with Crippen molar-refractivity contribution in [3.05, 3.63) is 21.9 Å². The van der Waals surface area contributed by atoms with Crippen LogP contribution < -0.4 is 5.73 Å². The van der Waals surface area contributed by atoms with Crippen LogP contribution >= 0.6 is 11.3 Å². The van der Waals surface area contributed by atoms with Gasteiger partial charge in [0.05, 0.1) is 5.56 Å². The first-order valence-electron chi connectivity index (χ1n) is 7.12. The lowest BCUT2D eigenvalue weighted by Gasteiger charge is -2.17. The van der Waals surface area contributed by atoms with Crippen LogP contribution in [-0.2, 0) is 0 Å². The Morgan fingerprint density at radius 2 is 2.05 bits per heavy atom. The van der Waals surface area contributed by atoms with Gasteiger partial charge in [-0.3, -0.25) is 0 Å². The number of rotatable bonds is 9. The van der Waals surface area contributed by atoms with E-state index < -0.39 is 5.97 Å². The zero-order chi connectivity index (χ0) is 14.3. The predicted octanol–water partition coefficient (Wildman–Crippen LogP) is 4.24. The van der Waals surface area contributed by atoms with Crippen molar-refractivity contribution in [1.29, 1.82) is 0 Å². The fraction of sp³-hybridized carbons (Fsp3) is 0.667. The van der Waals surface area contributed by atoms with Crippen molar-refractivity contribution in [3.63, 3.8) is 0 Å². The van der Waals surface area contributed by atoms with Gasteiger partial charge in [0.25, 0.3) is 0 Å². The Kier molecular flexibility index (Phi) is 7.10. The molecule has 108 valence electrons. The summed E-state index contributed by atoms with van der Waals surface area (Å²) in [5, 5.41) is 11.1. The minimum Gasteiger partial charge on any atom is -0.478 e. The quantitative estimate of drug-likeness (QED) is 0.712. The highest BCUT2D eigenvalue weighted by Crippen LogP contribution is 2.34. The van der Waals surface area contributed by atoms with Gasteiger partial charge in [0.1, 0.15) is 0 Å². The number of thiophene rings is 1. The van der Waals surface area contributed by atoms with Gasteiger partial charge in [-0.05, 0) is 43.6 Å². The smallest absolute Gasteiger partial charge is 0.336 e. The van der Waals surface area contributed by atoms with Crippen molar-refractivity contribution in [3.8, 4) is 0 Å². The molecule has 3 N–H and O–H groups in total. The highest BCUT2D eigenvalue weighted by molar-refractivity contribution is 7.10. The van der Waals surface area contributed by atoms with Crippen LogP contribution in [0.4, 0.5) is 0 Å². The molecule has 0 radical (unpaired) electrons. The highest BCUT2D eigenvalue weighted by Gasteiger charge is 2.20. The van der Waals surface area contributed by atoms with E-state index in [0.717, 1.165) is 43.4 Å². The number of unbranched alkanes of at least 4 members (excludes halogenated alkanes) is 1. The van der Waals surface area contributed by atoms with Gasteiger partial charge in [-0.25, -0.2) is 4.79 Å². The second-order valence-corrected chi connectivity index (χ2v) is 6.20. The molecule has 0 amide bonds. The molecule has 0 aliphatic heterocycles. The summed E-state index contributed by atoms with van der Waals surface area (Å²) in [7, 11) is 0. The Labute approximate surface area is 119 Å². The molecule has 1 aromatic rings. The van der Waals surface area contributed by atoms with Crippen molar-refractivity contribution in [2.24, 2.45) is 5.73 Å². The molecule has 0 aromatic carbocycles. The van der Waals surface area contributed by atoms with Crippen LogP contribution in [0.5, 0.6) is 0 Å². The van der Waals surface area contributed by atoms with Crippen LogP contribution in [0.1, 0.15) is 73.5 Å². The maximum Gasteiger partial charge on any atom is 0.336 e. The number of carboxylic acid groups (broad SMARTS) is 1. The number of hydrogen-bond donors (Lipinski definition) is 2. The molecule has 2 unspecified atom stereocenters. The molecular weight excluding hydrogens is 258 g/mol. The molecule has 1 aromatic heterocycles. The van der Waals surface area contributed by atoms with Gasteiger partial charge < -0.3 is 10.8 Å². The van der Waals surface area contributed by atoms with Crippen molar-refractivity contribution < 1.29 is 9.90 Å². The third-order valence-electron chi connectivity index (χ3n) is 3.41. The van der Waals surface area contributed by atoms with Crippen molar-refractivity contribution in [2.45, 2.75) is 64.3 Å². The van der Waals surface area contributed by atoms with E-state index in [2.05, 4.69) is 6.92 Å². The Morgan fingerprint density at radius 1 is 1.37 bits per heavy atom. The number of carbonyl (C=O) groups is 1. The van der Waals surface area contributed by atoms with E-state index in [4.69, 9.17) is 5.73 Å². The zero-order valence-corrected chi connectivity index (χ0v) is 12.7. The molecule has 0 bridgehead atoms. The molecule has 1 heterocycles. The lowest BCUT2D eigenvalue weighted by atomic mass is 9.91. The van der Waals surface area contributed by atoms with Crippen molar-refractivity contribution >= 4 is 17.3 Å². The Hall–Kier alpha value is -0.870. The van der Waals surface area contributed by atoms with Crippen LogP contribution in [-0.4, -0.2) is 17.1 Å². The van der Waals surface area contributed by atoms with Gasteiger partial charge >= 0.3 is 5.97 Å². The first kappa shape index (κ1) is 16.2. The summed E-state index contributed by atoms with van der Waals surface area (Å²) >= 11 is 1.58. The maximum absolute atomic E-state index is 11.2. The van der Waals surface area contributed by atoms with Gasteiger partial charge in [-0.1, -0.05) is 26.2 Å². The normalized spacial score (nSPS) is 14.3. The van der Waals surface area contributed by atoms with E-state index in [1.807, 2.05) is 12.3 Å². The van der Waals surface area contributed by atoms with E-state index in [1.54, 1.807) is 17.4 Å². The van der Waals surface area contributed by atoms with Gasteiger partial charge in [0, 0.05) is 10.9 Å². The largest absolute Gasteiger partial charge is 0.478 e. The first-order chi connectivity index (χ1) is 9.06. The maximum atomic E-state index is 11.2. The van der Waals surface area contributed by atoms with Crippen LogP contribution in [0.2, 0.25) is 0 Å².